The SMILES string of the molecule is CCCC1(C(=O)O)CCCN1C(C)C(=O)NC(CC)CC. The number of hydrogen-bond acceptors (Lipinski definition) is 3. The maximum atomic E-state index is 12.4. The number of rotatable bonds is 8. The number of likely N-dealkylation sites (tertiary alicyclic amines) is 1. The van der Waals surface area contributed by atoms with Crippen molar-refractivity contribution in [3.05, 3.63) is 0 Å². The Bertz CT molecular complexity index is 369. The lowest BCUT2D eigenvalue weighted by molar-refractivity contribution is -0.153. The van der Waals surface area contributed by atoms with Crippen LogP contribution in [-0.4, -0.2) is 46.1 Å². The summed E-state index contributed by atoms with van der Waals surface area (Å²) in [6.45, 7) is 8.61. The molecule has 1 amide bonds. The van der Waals surface area contributed by atoms with E-state index in [1.165, 1.54) is 0 Å². The standard InChI is InChI=1S/C16H30N2O3/c1-5-9-16(15(20)21)10-8-11-18(16)12(4)14(19)17-13(6-2)7-3/h12-13H,5-11H2,1-4H3,(H,17,19)(H,20,21). The maximum absolute atomic E-state index is 12.4. The van der Waals surface area contributed by atoms with Gasteiger partial charge < -0.3 is 10.4 Å². The minimum atomic E-state index is -0.862. The number of nitrogens with zero attached hydrogens (tertiary/aromatic N) is 1. The van der Waals surface area contributed by atoms with Crippen molar-refractivity contribution < 1.29 is 14.7 Å². The third kappa shape index (κ3) is 3.76. The van der Waals surface area contributed by atoms with Gasteiger partial charge in [0.1, 0.15) is 5.54 Å². The van der Waals surface area contributed by atoms with Gasteiger partial charge in [0.05, 0.1) is 6.04 Å². The van der Waals surface area contributed by atoms with Crippen molar-refractivity contribution >= 4 is 11.9 Å². The van der Waals surface area contributed by atoms with Crippen LogP contribution in [0.2, 0.25) is 0 Å². The highest BCUT2D eigenvalue weighted by atomic mass is 16.4. The van der Waals surface area contributed by atoms with Crippen molar-refractivity contribution in [1.29, 1.82) is 0 Å². The Morgan fingerprint density at radius 1 is 1.29 bits per heavy atom. The van der Waals surface area contributed by atoms with Crippen LogP contribution >= 0.6 is 0 Å². The monoisotopic (exact) mass is 298 g/mol. The predicted molar refractivity (Wildman–Crippen MR) is 83.2 cm³/mol. The lowest BCUT2D eigenvalue weighted by Gasteiger charge is -2.38. The number of aliphatic carboxylic acids is 1. The summed E-state index contributed by atoms with van der Waals surface area (Å²) in [6, 6.07) is -0.219. The first-order chi connectivity index (χ1) is 9.92. The van der Waals surface area contributed by atoms with Crippen LogP contribution in [0.25, 0.3) is 0 Å². The quantitative estimate of drug-likeness (QED) is 0.722. The Morgan fingerprint density at radius 2 is 1.90 bits per heavy atom. The molecule has 1 aliphatic heterocycles. The number of carboxylic acids is 1. The molecule has 0 spiro atoms. The molecule has 2 unspecified atom stereocenters. The molecule has 21 heavy (non-hydrogen) atoms. The molecule has 0 aromatic heterocycles. The Kier molecular flexibility index (Phi) is 6.65. The molecule has 0 aromatic carbocycles. The molecule has 2 atom stereocenters. The van der Waals surface area contributed by atoms with Crippen molar-refractivity contribution in [2.24, 2.45) is 0 Å². The van der Waals surface area contributed by atoms with Crippen LogP contribution in [0, 0.1) is 0 Å². The average molecular weight is 298 g/mol. The van der Waals surface area contributed by atoms with Gasteiger partial charge in [-0.15, -0.1) is 0 Å². The topological polar surface area (TPSA) is 69.6 Å². The van der Waals surface area contributed by atoms with Gasteiger partial charge in [0.25, 0.3) is 0 Å². The van der Waals surface area contributed by atoms with E-state index < -0.39 is 17.6 Å². The third-order valence-corrected chi connectivity index (χ3v) is 4.78. The van der Waals surface area contributed by atoms with Crippen molar-refractivity contribution in [1.82, 2.24) is 10.2 Å². The molecule has 0 aliphatic carbocycles. The molecule has 0 aromatic rings. The summed E-state index contributed by atoms with van der Waals surface area (Å²) in [5.41, 5.74) is -0.862. The highest BCUT2D eigenvalue weighted by Crippen LogP contribution is 2.35. The predicted octanol–water partition coefficient (Wildman–Crippen LogP) is 2.40. The zero-order valence-electron chi connectivity index (χ0n) is 13.8. The smallest absolute Gasteiger partial charge is 0.324 e. The minimum Gasteiger partial charge on any atom is -0.480 e. The summed E-state index contributed by atoms with van der Waals surface area (Å²) >= 11 is 0. The lowest BCUT2D eigenvalue weighted by atomic mass is 9.89. The van der Waals surface area contributed by atoms with E-state index in [0.717, 1.165) is 25.7 Å². The first-order valence-electron chi connectivity index (χ1n) is 8.23. The van der Waals surface area contributed by atoms with E-state index in [-0.39, 0.29) is 11.9 Å². The van der Waals surface area contributed by atoms with Gasteiger partial charge in [-0.2, -0.15) is 0 Å². The van der Waals surface area contributed by atoms with Gasteiger partial charge in [0, 0.05) is 12.6 Å². The zero-order valence-corrected chi connectivity index (χ0v) is 13.8. The summed E-state index contributed by atoms with van der Waals surface area (Å²) in [5, 5.41) is 12.7. The Hall–Kier alpha value is -1.10. The van der Waals surface area contributed by atoms with Crippen LogP contribution < -0.4 is 5.32 Å². The van der Waals surface area contributed by atoms with Gasteiger partial charge in [-0.3, -0.25) is 14.5 Å². The van der Waals surface area contributed by atoms with Gasteiger partial charge in [-0.25, -0.2) is 0 Å². The summed E-state index contributed by atoms with van der Waals surface area (Å²) in [5.74, 6) is -0.837. The highest BCUT2D eigenvalue weighted by Gasteiger charge is 2.49. The van der Waals surface area contributed by atoms with Gasteiger partial charge in [-0.05, 0) is 39.0 Å². The van der Waals surface area contributed by atoms with Crippen LogP contribution in [0.4, 0.5) is 0 Å². The number of amides is 1. The van der Waals surface area contributed by atoms with Crippen LogP contribution in [-0.2, 0) is 9.59 Å². The van der Waals surface area contributed by atoms with Gasteiger partial charge in [0.2, 0.25) is 5.91 Å². The normalized spacial score (nSPS) is 24.2. The van der Waals surface area contributed by atoms with Crippen LogP contribution in [0.1, 0.15) is 66.2 Å². The third-order valence-electron chi connectivity index (χ3n) is 4.78. The van der Waals surface area contributed by atoms with Gasteiger partial charge in [-0.1, -0.05) is 27.2 Å². The number of carbonyl (C=O) groups excluding carboxylic acids is 1. The largest absolute Gasteiger partial charge is 0.480 e. The van der Waals surface area contributed by atoms with Crippen molar-refractivity contribution in [2.45, 2.75) is 83.8 Å². The maximum Gasteiger partial charge on any atom is 0.324 e. The number of hydrogen-bond donors (Lipinski definition) is 2. The molecule has 5 nitrogen and oxygen atoms in total. The van der Waals surface area contributed by atoms with E-state index in [1.54, 1.807) is 0 Å². The van der Waals surface area contributed by atoms with Gasteiger partial charge >= 0.3 is 5.97 Å². The molecule has 1 aliphatic rings. The summed E-state index contributed by atoms with van der Waals surface area (Å²) < 4.78 is 0. The highest BCUT2D eigenvalue weighted by molar-refractivity contribution is 5.84. The molecule has 0 radical (unpaired) electrons. The Labute approximate surface area is 128 Å². The second kappa shape index (κ2) is 7.78. The molecule has 0 saturated carbocycles. The van der Waals surface area contributed by atoms with Crippen LogP contribution in [0.15, 0.2) is 0 Å². The number of carbonyl (C=O) groups is 2. The molecule has 2 N–H and O–H groups in total. The fraction of sp³-hybridized carbons (Fsp3) is 0.875. The molecule has 122 valence electrons. The molecule has 1 fully saturated rings. The molecule has 0 bridgehead atoms. The average Bonchev–Trinajstić information content (AvgIpc) is 2.89. The van der Waals surface area contributed by atoms with E-state index in [0.29, 0.717) is 19.4 Å². The van der Waals surface area contributed by atoms with E-state index in [9.17, 15) is 14.7 Å². The summed E-state index contributed by atoms with van der Waals surface area (Å²) in [4.78, 5) is 26.1. The van der Waals surface area contributed by atoms with E-state index >= 15 is 0 Å². The van der Waals surface area contributed by atoms with E-state index in [1.807, 2.05) is 32.6 Å². The molecule has 1 rings (SSSR count). The summed E-state index contributed by atoms with van der Waals surface area (Å²) in [7, 11) is 0. The second-order valence-electron chi connectivity index (χ2n) is 6.08. The van der Waals surface area contributed by atoms with E-state index in [2.05, 4.69) is 5.32 Å². The molecule has 1 heterocycles. The molecular weight excluding hydrogens is 268 g/mol. The first kappa shape index (κ1) is 18.0. The summed E-state index contributed by atoms with van der Waals surface area (Å²) in [6.07, 6.45) is 4.68. The fourth-order valence-electron chi connectivity index (χ4n) is 3.44. The zero-order chi connectivity index (χ0) is 16.0. The van der Waals surface area contributed by atoms with Gasteiger partial charge in [0.15, 0.2) is 0 Å². The number of carboxylic acid groups (broad SMARTS) is 1. The van der Waals surface area contributed by atoms with Crippen LogP contribution in [0.5, 0.6) is 0 Å². The fourth-order valence-corrected chi connectivity index (χ4v) is 3.44. The lowest BCUT2D eigenvalue weighted by Crippen LogP contribution is -2.58. The van der Waals surface area contributed by atoms with E-state index in [4.69, 9.17) is 0 Å². The Morgan fingerprint density at radius 3 is 2.38 bits per heavy atom. The minimum absolute atomic E-state index is 0.0488. The Balaban J connectivity index is 2.86. The number of nitrogens with one attached hydrogen (secondary N) is 1. The molecule has 5 heteroatoms. The van der Waals surface area contributed by atoms with Crippen LogP contribution in [0.3, 0.4) is 0 Å². The molecule has 1 saturated heterocycles. The molecular formula is C16H30N2O3. The second-order valence-corrected chi connectivity index (χ2v) is 6.08. The first-order valence-corrected chi connectivity index (χ1v) is 8.23. The van der Waals surface area contributed by atoms with Crippen molar-refractivity contribution in [2.75, 3.05) is 6.54 Å². The van der Waals surface area contributed by atoms with Crippen molar-refractivity contribution in [3.63, 3.8) is 0 Å². The van der Waals surface area contributed by atoms with Crippen molar-refractivity contribution in [3.8, 4) is 0 Å².